The van der Waals surface area contributed by atoms with Crippen LogP contribution in [0.5, 0.6) is 0 Å². The Bertz CT molecular complexity index is 583. The molecule has 22 heavy (non-hydrogen) atoms. The lowest BCUT2D eigenvalue weighted by Gasteiger charge is -2.02. The van der Waals surface area contributed by atoms with E-state index in [-0.39, 0.29) is 18.3 Å². The summed E-state index contributed by atoms with van der Waals surface area (Å²) in [5.74, 6) is 0.00151. The Morgan fingerprint density at radius 3 is 2.68 bits per heavy atom. The van der Waals surface area contributed by atoms with Crippen molar-refractivity contribution in [1.82, 2.24) is 10.3 Å². The van der Waals surface area contributed by atoms with Gasteiger partial charge in [0, 0.05) is 17.5 Å². The normalized spacial score (nSPS) is 10.1. The number of thiazole rings is 1. The van der Waals surface area contributed by atoms with Crippen LogP contribution in [0.3, 0.4) is 0 Å². The highest BCUT2D eigenvalue weighted by Gasteiger charge is 2.08. The fourth-order valence-corrected chi connectivity index (χ4v) is 2.79. The van der Waals surface area contributed by atoms with E-state index in [9.17, 15) is 4.79 Å². The summed E-state index contributed by atoms with van der Waals surface area (Å²) in [6.45, 7) is 3.36. The number of benzene rings is 1. The fraction of sp³-hybridized carbons (Fsp3) is 0.375. The summed E-state index contributed by atoms with van der Waals surface area (Å²) < 4.78 is 0. The molecular weight excluding hydrogens is 318 g/mol. The van der Waals surface area contributed by atoms with Gasteiger partial charge < -0.3 is 11.1 Å². The van der Waals surface area contributed by atoms with Crippen LogP contribution in [-0.4, -0.2) is 24.0 Å². The van der Waals surface area contributed by atoms with E-state index in [1.54, 1.807) is 11.3 Å². The molecule has 0 aliphatic heterocycles. The molecule has 1 aromatic heterocycles. The minimum Gasteiger partial charge on any atom is -0.356 e. The van der Waals surface area contributed by atoms with Gasteiger partial charge in [0.05, 0.1) is 12.1 Å². The third kappa shape index (κ3) is 5.40. The second-order valence-electron chi connectivity index (χ2n) is 4.86. The Kier molecular flexibility index (Phi) is 8.09. The number of hydrogen-bond donors (Lipinski definition) is 2. The summed E-state index contributed by atoms with van der Waals surface area (Å²) in [6.07, 6.45) is 2.16. The van der Waals surface area contributed by atoms with E-state index in [0.717, 1.165) is 29.1 Å². The van der Waals surface area contributed by atoms with Gasteiger partial charge in [-0.25, -0.2) is 4.98 Å². The second kappa shape index (κ2) is 9.56. The van der Waals surface area contributed by atoms with Gasteiger partial charge in [-0.1, -0.05) is 31.2 Å². The average molecular weight is 340 g/mol. The molecule has 1 aromatic carbocycles. The van der Waals surface area contributed by atoms with E-state index in [1.807, 2.05) is 5.38 Å². The zero-order chi connectivity index (χ0) is 15.1. The molecule has 0 bridgehead atoms. The number of aromatic nitrogens is 1. The Balaban J connectivity index is 0.00000242. The van der Waals surface area contributed by atoms with E-state index in [2.05, 4.69) is 41.5 Å². The van der Waals surface area contributed by atoms with Crippen molar-refractivity contribution in [2.45, 2.75) is 26.2 Å². The van der Waals surface area contributed by atoms with Crippen LogP contribution in [0.1, 0.15) is 24.6 Å². The van der Waals surface area contributed by atoms with Crippen molar-refractivity contribution in [3.05, 3.63) is 40.9 Å². The van der Waals surface area contributed by atoms with Crippen molar-refractivity contribution in [2.75, 3.05) is 13.1 Å². The Morgan fingerprint density at radius 2 is 2.05 bits per heavy atom. The second-order valence-corrected chi connectivity index (χ2v) is 5.72. The Morgan fingerprint density at radius 1 is 1.32 bits per heavy atom. The molecule has 4 nitrogen and oxygen atoms in total. The molecule has 120 valence electrons. The molecule has 2 rings (SSSR count). The molecule has 3 N–H and O–H groups in total. The number of aryl methyl sites for hydroxylation is 1. The number of rotatable bonds is 7. The van der Waals surface area contributed by atoms with Crippen LogP contribution in [0.25, 0.3) is 10.6 Å². The first-order valence-corrected chi connectivity index (χ1v) is 8.11. The van der Waals surface area contributed by atoms with E-state index in [1.165, 1.54) is 5.56 Å². The maximum atomic E-state index is 11.7. The highest BCUT2D eigenvalue weighted by molar-refractivity contribution is 7.13. The number of nitrogens with zero attached hydrogens (tertiary/aromatic N) is 1. The zero-order valence-electron chi connectivity index (χ0n) is 12.7. The van der Waals surface area contributed by atoms with E-state index < -0.39 is 0 Å². The van der Waals surface area contributed by atoms with Crippen LogP contribution in [0.4, 0.5) is 0 Å². The van der Waals surface area contributed by atoms with Gasteiger partial charge in [0.25, 0.3) is 0 Å². The van der Waals surface area contributed by atoms with E-state index in [0.29, 0.717) is 19.5 Å². The summed E-state index contributed by atoms with van der Waals surface area (Å²) in [6, 6.07) is 8.41. The fourth-order valence-electron chi connectivity index (χ4n) is 1.96. The summed E-state index contributed by atoms with van der Waals surface area (Å²) in [4.78, 5) is 16.3. The third-order valence-corrected chi connectivity index (χ3v) is 4.15. The van der Waals surface area contributed by atoms with Gasteiger partial charge in [-0.2, -0.15) is 0 Å². The topological polar surface area (TPSA) is 68.0 Å². The number of halogens is 1. The zero-order valence-corrected chi connectivity index (χ0v) is 14.3. The average Bonchev–Trinajstić information content (AvgIpc) is 2.96. The van der Waals surface area contributed by atoms with Crippen LogP contribution < -0.4 is 11.1 Å². The number of nitrogens with one attached hydrogen (secondary N) is 1. The van der Waals surface area contributed by atoms with Crippen molar-refractivity contribution in [3.63, 3.8) is 0 Å². The molecule has 0 aliphatic rings. The molecule has 0 saturated carbocycles. The van der Waals surface area contributed by atoms with Gasteiger partial charge in [0.1, 0.15) is 5.01 Å². The van der Waals surface area contributed by atoms with Crippen LogP contribution in [-0.2, 0) is 17.6 Å². The Labute approximate surface area is 141 Å². The van der Waals surface area contributed by atoms with Crippen LogP contribution in [0.15, 0.2) is 29.6 Å². The van der Waals surface area contributed by atoms with Crippen LogP contribution in [0.2, 0.25) is 0 Å². The first kappa shape index (κ1) is 18.6. The number of carbonyl (C=O) groups is 1. The van der Waals surface area contributed by atoms with Crippen LogP contribution >= 0.6 is 23.7 Å². The maximum absolute atomic E-state index is 11.7. The molecule has 0 unspecified atom stereocenters. The summed E-state index contributed by atoms with van der Waals surface area (Å²) in [5, 5.41) is 5.75. The molecule has 0 aliphatic carbocycles. The highest BCUT2D eigenvalue weighted by atomic mass is 35.5. The van der Waals surface area contributed by atoms with Gasteiger partial charge in [-0.05, 0) is 24.9 Å². The number of hydrogen-bond acceptors (Lipinski definition) is 4. The maximum Gasteiger partial charge on any atom is 0.226 e. The van der Waals surface area contributed by atoms with Crippen molar-refractivity contribution in [3.8, 4) is 10.6 Å². The van der Waals surface area contributed by atoms with Crippen molar-refractivity contribution < 1.29 is 4.79 Å². The number of amides is 1. The lowest BCUT2D eigenvalue weighted by Crippen LogP contribution is -2.27. The minimum absolute atomic E-state index is 0. The molecule has 1 heterocycles. The molecule has 2 aromatic rings. The van der Waals surface area contributed by atoms with Crippen molar-refractivity contribution in [2.24, 2.45) is 5.73 Å². The first-order chi connectivity index (χ1) is 10.2. The first-order valence-electron chi connectivity index (χ1n) is 7.23. The molecule has 0 radical (unpaired) electrons. The highest BCUT2D eigenvalue weighted by Crippen LogP contribution is 2.24. The Hall–Kier alpha value is -1.43. The van der Waals surface area contributed by atoms with Crippen molar-refractivity contribution >= 4 is 29.7 Å². The molecule has 0 fully saturated rings. The molecule has 1 amide bonds. The van der Waals surface area contributed by atoms with Crippen LogP contribution in [0, 0.1) is 0 Å². The largest absolute Gasteiger partial charge is 0.356 e. The number of carbonyl (C=O) groups excluding carboxylic acids is 1. The van der Waals surface area contributed by atoms with E-state index in [4.69, 9.17) is 5.73 Å². The smallest absolute Gasteiger partial charge is 0.226 e. The van der Waals surface area contributed by atoms with Gasteiger partial charge in [-0.3, -0.25) is 4.79 Å². The van der Waals surface area contributed by atoms with E-state index >= 15 is 0 Å². The third-order valence-electron chi connectivity index (χ3n) is 3.21. The summed E-state index contributed by atoms with van der Waals surface area (Å²) in [7, 11) is 0. The molecule has 0 spiro atoms. The standard InChI is InChI=1S/C16H21N3OS.ClH/c1-2-12-4-6-13(7-5-12)16-19-14(11-21-16)10-15(20)18-9-3-8-17;/h4-7,11H,2-3,8-10,17H2,1H3,(H,18,20);1H. The van der Waals surface area contributed by atoms with Gasteiger partial charge in [0.2, 0.25) is 5.91 Å². The molecule has 0 atom stereocenters. The lowest BCUT2D eigenvalue weighted by molar-refractivity contribution is -0.120. The predicted molar refractivity (Wildman–Crippen MR) is 94.6 cm³/mol. The van der Waals surface area contributed by atoms with Crippen molar-refractivity contribution in [1.29, 1.82) is 0 Å². The lowest BCUT2D eigenvalue weighted by atomic mass is 10.1. The van der Waals surface area contributed by atoms with Gasteiger partial charge in [0.15, 0.2) is 0 Å². The number of nitrogens with two attached hydrogens (primary N) is 1. The molecule has 6 heteroatoms. The minimum atomic E-state index is 0. The quantitative estimate of drug-likeness (QED) is 0.762. The predicted octanol–water partition coefficient (Wildman–Crippen LogP) is 2.80. The summed E-state index contributed by atoms with van der Waals surface area (Å²) >= 11 is 1.58. The summed E-state index contributed by atoms with van der Waals surface area (Å²) in [5.41, 5.74) is 8.63. The molecule has 0 saturated heterocycles. The SMILES string of the molecule is CCc1ccc(-c2nc(CC(=O)NCCCN)cs2)cc1.Cl. The monoisotopic (exact) mass is 339 g/mol. The molecular formula is C16H22ClN3OS. The van der Waals surface area contributed by atoms with Gasteiger partial charge >= 0.3 is 0 Å². The van der Waals surface area contributed by atoms with Gasteiger partial charge in [-0.15, -0.1) is 23.7 Å².